The summed E-state index contributed by atoms with van der Waals surface area (Å²) >= 11 is 0. The monoisotopic (exact) mass is 438 g/mol. The zero-order valence-electron chi connectivity index (χ0n) is 17.8. The van der Waals surface area contributed by atoms with Gasteiger partial charge in [0, 0.05) is 6.42 Å². The zero-order valence-corrected chi connectivity index (χ0v) is 17.8. The molecule has 2 amide bonds. The Bertz CT molecular complexity index is 958. The van der Waals surface area contributed by atoms with Crippen LogP contribution in [0.25, 0.3) is 0 Å². The standard InChI is InChI=1S/C24H26N2O6/c1-31-19-10-7-17(8-11-19)15-32-22(29)14-18(27)9-12-20-23(24(30)25-20)26-21(28)13-16-5-3-2-4-6-16/h2-8,10-11,20,23H,9,12-15H2,1H3,(H,25,30)(H,26,28). The van der Waals surface area contributed by atoms with E-state index in [0.717, 1.165) is 11.1 Å². The summed E-state index contributed by atoms with van der Waals surface area (Å²) in [7, 11) is 1.57. The van der Waals surface area contributed by atoms with Crippen molar-refractivity contribution in [3.63, 3.8) is 0 Å². The summed E-state index contributed by atoms with van der Waals surface area (Å²) < 4.78 is 10.2. The first-order chi connectivity index (χ1) is 15.4. The number of methoxy groups -OCH3 is 1. The lowest BCUT2D eigenvalue weighted by Crippen LogP contribution is -2.69. The first-order valence-corrected chi connectivity index (χ1v) is 10.4. The van der Waals surface area contributed by atoms with E-state index < -0.39 is 12.0 Å². The molecule has 0 saturated carbocycles. The molecular weight excluding hydrogens is 412 g/mol. The van der Waals surface area contributed by atoms with E-state index in [2.05, 4.69) is 10.6 Å². The van der Waals surface area contributed by atoms with E-state index in [0.29, 0.717) is 12.2 Å². The number of benzene rings is 2. The van der Waals surface area contributed by atoms with Crippen LogP contribution in [0.4, 0.5) is 0 Å². The van der Waals surface area contributed by atoms with Gasteiger partial charge >= 0.3 is 5.97 Å². The number of amides is 2. The summed E-state index contributed by atoms with van der Waals surface area (Å²) in [5.41, 5.74) is 1.64. The van der Waals surface area contributed by atoms with Gasteiger partial charge in [-0.15, -0.1) is 0 Å². The number of carbonyl (C=O) groups excluding carboxylic acids is 4. The second-order valence-electron chi connectivity index (χ2n) is 7.59. The fourth-order valence-corrected chi connectivity index (χ4v) is 3.36. The summed E-state index contributed by atoms with van der Waals surface area (Å²) in [4.78, 5) is 48.1. The number of carbonyl (C=O) groups is 4. The highest BCUT2D eigenvalue weighted by molar-refractivity contribution is 5.96. The molecule has 0 aliphatic carbocycles. The van der Waals surface area contributed by atoms with Crippen LogP contribution in [0.15, 0.2) is 54.6 Å². The quantitative estimate of drug-likeness (QED) is 0.314. The van der Waals surface area contributed by atoms with E-state index in [1.807, 2.05) is 30.3 Å². The Hall–Kier alpha value is -3.68. The number of ketones is 1. The molecule has 8 nitrogen and oxygen atoms in total. The molecule has 3 rings (SSSR count). The predicted molar refractivity (Wildman–Crippen MR) is 116 cm³/mol. The minimum atomic E-state index is -0.666. The lowest BCUT2D eigenvalue weighted by molar-refractivity contribution is -0.147. The molecule has 0 aromatic heterocycles. The van der Waals surface area contributed by atoms with Crippen molar-refractivity contribution in [2.24, 2.45) is 0 Å². The van der Waals surface area contributed by atoms with Gasteiger partial charge in [0.1, 0.15) is 30.6 Å². The first-order valence-electron chi connectivity index (χ1n) is 10.4. The van der Waals surface area contributed by atoms with Gasteiger partial charge in [-0.25, -0.2) is 0 Å². The SMILES string of the molecule is COc1ccc(COC(=O)CC(=O)CCC2NC(=O)C2NC(=O)Cc2ccccc2)cc1. The van der Waals surface area contributed by atoms with Crippen LogP contribution in [0.3, 0.4) is 0 Å². The van der Waals surface area contributed by atoms with Crippen LogP contribution in [0.2, 0.25) is 0 Å². The summed E-state index contributed by atoms with van der Waals surface area (Å²) in [5, 5.41) is 5.41. The molecule has 2 atom stereocenters. The van der Waals surface area contributed by atoms with Gasteiger partial charge in [0.15, 0.2) is 0 Å². The molecule has 1 heterocycles. The number of ether oxygens (including phenoxy) is 2. The van der Waals surface area contributed by atoms with Crippen LogP contribution in [0.5, 0.6) is 5.75 Å². The molecule has 2 aromatic rings. The van der Waals surface area contributed by atoms with E-state index in [1.165, 1.54) is 0 Å². The van der Waals surface area contributed by atoms with Crippen LogP contribution in [-0.2, 0) is 36.9 Å². The van der Waals surface area contributed by atoms with Gasteiger partial charge in [0.05, 0.1) is 19.6 Å². The molecule has 8 heteroatoms. The van der Waals surface area contributed by atoms with Gasteiger partial charge in [-0.3, -0.25) is 19.2 Å². The third-order valence-corrected chi connectivity index (χ3v) is 5.17. The summed E-state index contributed by atoms with van der Waals surface area (Å²) in [5.74, 6) is -0.707. The molecule has 32 heavy (non-hydrogen) atoms. The van der Waals surface area contributed by atoms with Crippen LogP contribution >= 0.6 is 0 Å². The minimum absolute atomic E-state index is 0.0737. The van der Waals surface area contributed by atoms with E-state index in [9.17, 15) is 19.2 Å². The van der Waals surface area contributed by atoms with Crippen molar-refractivity contribution in [2.45, 2.75) is 44.4 Å². The number of esters is 1. The highest BCUT2D eigenvalue weighted by Gasteiger charge is 2.40. The van der Waals surface area contributed by atoms with Crippen molar-refractivity contribution >= 4 is 23.6 Å². The van der Waals surface area contributed by atoms with E-state index in [4.69, 9.17) is 9.47 Å². The Morgan fingerprint density at radius 1 is 1.00 bits per heavy atom. The molecule has 1 fully saturated rings. The highest BCUT2D eigenvalue weighted by atomic mass is 16.5. The van der Waals surface area contributed by atoms with Crippen molar-refractivity contribution in [3.8, 4) is 5.75 Å². The average molecular weight is 438 g/mol. The third-order valence-electron chi connectivity index (χ3n) is 5.17. The maximum atomic E-state index is 12.2. The average Bonchev–Trinajstić information content (AvgIpc) is 2.79. The van der Waals surface area contributed by atoms with E-state index in [-0.39, 0.29) is 49.5 Å². The zero-order chi connectivity index (χ0) is 22.9. The highest BCUT2D eigenvalue weighted by Crippen LogP contribution is 2.15. The summed E-state index contributed by atoms with van der Waals surface area (Å²) in [6.07, 6.45) is 0.290. The molecule has 2 unspecified atom stereocenters. The topological polar surface area (TPSA) is 111 Å². The van der Waals surface area contributed by atoms with Crippen molar-refractivity contribution in [2.75, 3.05) is 7.11 Å². The maximum Gasteiger partial charge on any atom is 0.313 e. The molecule has 0 radical (unpaired) electrons. The molecule has 1 aliphatic heterocycles. The van der Waals surface area contributed by atoms with Gasteiger partial charge in [-0.05, 0) is 29.7 Å². The Morgan fingerprint density at radius 3 is 2.38 bits per heavy atom. The van der Waals surface area contributed by atoms with Gasteiger partial charge in [0.2, 0.25) is 11.8 Å². The van der Waals surface area contributed by atoms with Gasteiger partial charge in [0.25, 0.3) is 0 Å². The number of Topliss-reactive ketones (excluding diaryl/α,β-unsaturated/α-hetero) is 1. The van der Waals surface area contributed by atoms with Crippen LogP contribution in [-0.4, -0.2) is 42.8 Å². The Balaban J connectivity index is 1.36. The Kier molecular flexibility index (Phi) is 7.96. The van der Waals surface area contributed by atoms with Crippen LogP contribution < -0.4 is 15.4 Å². The lowest BCUT2D eigenvalue weighted by atomic mass is 9.92. The molecule has 1 saturated heterocycles. The van der Waals surface area contributed by atoms with Crippen molar-refractivity contribution in [1.29, 1.82) is 0 Å². The predicted octanol–water partition coefficient (Wildman–Crippen LogP) is 1.70. The molecule has 0 spiro atoms. The van der Waals surface area contributed by atoms with Crippen LogP contribution in [0.1, 0.15) is 30.4 Å². The Labute approximate surface area is 186 Å². The second-order valence-corrected chi connectivity index (χ2v) is 7.59. The van der Waals surface area contributed by atoms with E-state index >= 15 is 0 Å². The van der Waals surface area contributed by atoms with Gasteiger partial charge in [-0.1, -0.05) is 42.5 Å². The number of rotatable bonds is 11. The van der Waals surface area contributed by atoms with Gasteiger partial charge < -0.3 is 20.1 Å². The minimum Gasteiger partial charge on any atom is -0.497 e. The fourth-order valence-electron chi connectivity index (χ4n) is 3.36. The van der Waals surface area contributed by atoms with Crippen molar-refractivity contribution in [3.05, 3.63) is 65.7 Å². The summed E-state index contributed by atoms with van der Waals surface area (Å²) in [6, 6.07) is 15.3. The number of nitrogens with one attached hydrogen (secondary N) is 2. The lowest BCUT2D eigenvalue weighted by Gasteiger charge is -2.37. The van der Waals surface area contributed by atoms with Crippen molar-refractivity contribution < 1.29 is 28.7 Å². The maximum absolute atomic E-state index is 12.2. The molecule has 1 aliphatic rings. The van der Waals surface area contributed by atoms with Crippen LogP contribution in [0, 0.1) is 0 Å². The second kappa shape index (κ2) is 11.1. The van der Waals surface area contributed by atoms with Gasteiger partial charge in [-0.2, -0.15) is 0 Å². The van der Waals surface area contributed by atoms with E-state index in [1.54, 1.807) is 31.4 Å². The molecule has 2 N–H and O–H groups in total. The number of hydrogen-bond acceptors (Lipinski definition) is 6. The molecule has 0 bridgehead atoms. The Morgan fingerprint density at radius 2 is 1.72 bits per heavy atom. The number of β-lactam (4-membered cyclic amide) rings is 1. The largest absolute Gasteiger partial charge is 0.497 e. The smallest absolute Gasteiger partial charge is 0.313 e. The molecular formula is C24H26N2O6. The molecule has 2 aromatic carbocycles. The normalized spacial score (nSPS) is 17.0. The number of hydrogen-bond donors (Lipinski definition) is 2. The first kappa shape index (κ1) is 23.0. The fraction of sp³-hybridized carbons (Fsp3) is 0.333. The third kappa shape index (κ3) is 6.66. The molecule has 168 valence electrons. The summed E-state index contributed by atoms with van der Waals surface area (Å²) in [6.45, 7) is 0.0737. The van der Waals surface area contributed by atoms with Crippen molar-refractivity contribution in [1.82, 2.24) is 10.6 Å².